The number of hydrogen-bond acceptors (Lipinski definition) is 4. The Morgan fingerprint density at radius 2 is 1.40 bits per heavy atom. The third-order valence-electron chi connectivity index (χ3n) is 1.95. The van der Waals surface area contributed by atoms with Gasteiger partial charge in [-0.05, 0) is 23.8 Å². The summed E-state index contributed by atoms with van der Waals surface area (Å²) >= 11 is 0.276. The molecule has 0 aliphatic carbocycles. The second-order valence-corrected chi connectivity index (χ2v) is 3.97. The molecule has 1 rings (SSSR count). The molecular formula is C9H5F6NaO3S. The van der Waals surface area contributed by atoms with Crippen LogP contribution in [0.3, 0.4) is 0 Å². The van der Waals surface area contributed by atoms with Crippen molar-refractivity contribution in [1.82, 2.24) is 0 Å². The van der Waals surface area contributed by atoms with E-state index in [1.165, 1.54) is 0 Å². The van der Waals surface area contributed by atoms with E-state index in [1.807, 2.05) is 0 Å². The van der Waals surface area contributed by atoms with Crippen molar-refractivity contribution in [1.29, 1.82) is 0 Å². The van der Waals surface area contributed by atoms with Crippen LogP contribution >= 0.6 is 12.0 Å². The molecule has 0 aliphatic rings. The number of benzene rings is 1. The van der Waals surface area contributed by atoms with Crippen molar-refractivity contribution in [3.05, 3.63) is 34.9 Å². The van der Waals surface area contributed by atoms with E-state index in [9.17, 15) is 31.6 Å². The van der Waals surface area contributed by atoms with Crippen molar-refractivity contribution in [2.24, 2.45) is 0 Å². The second kappa shape index (κ2) is 7.87. The Balaban J connectivity index is 0.00000361. The van der Waals surface area contributed by atoms with Crippen molar-refractivity contribution in [2.75, 3.05) is 0 Å². The van der Waals surface area contributed by atoms with Gasteiger partial charge in [-0.25, -0.2) is 0 Å². The first-order valence-electron chi connectivity index (χ1n) is 4.51. The topological polar surface area (TPSA) is 41.5 Å². The van der Waals surface area contributed by atoms with Crippen LogP contribution in [0.25, 0.3) is 0 Å². The van der Waals surface area contributed by atoms with Crippen LogP contribution in [0.4, 0.5) is 26.3 Å². The average molecular weight is 330 g/mol. The summed E-state index contributed by atoms with van der Waals surface area (Å²) < 4.78 is 78.5. The minimum absolute atomic E-state index is 0. The summed E-state index contributed by atoms with van der Waals surface area (Å²) in [5, 5.41) is 12.4. The van der Waals surface area contributed by atoms with E-state index in [0.29, 0.717) is 12.1 Å². The summed E-state index contributed by atoms with van der Waals surface area (Å²) in [5.74, 6) is -0.408. The van der Waals surface area contributed by atoms with Gasteiger partial charge in [0.25, 0.3) is 0 Å². The molecule has 0 radical (unpaired) electrons. The summed E-state index contributed by atoms with van der Waals surface area (Å²) in [4.78, 5) is 0. The fourth-order valence-electron chi connectivity index (χ4n) is 1.21. The van der Waals surface area contributed by atoms with Gasteiger partial charge in [0.1, 0.15) is 0 Å². The zero-order valence-corrected chi connectivity index (χ0v) is 12.7. The van der Waals surface area contributed by atoms with Crippen LogP contribution in [-0.4, -0.2) is 0 Å². The van der Waals surface area contributed by atoms with E-state index in [4.69, 9.17) is 0 Å². The van der Waals surface area contributed by atoms with Crippen molar-refractivity contribution >= 4 is 12.0 Å². The fourth-order valence-corrected chi connectivity index (χ4v) is 1.60. The number of rotatable bonds is 4. The Morgan fingerprint density at radius 1 is 0.950 bits per heavy atom. The van der Waals surface area contributed by atoms with Gasteiger partial charge in [-0.3, -0.25) is 5.04 Å². The first-order valence-corrected chi connectivity index (χ1v) is 5.42. The predicted molar refractivity (Wildman–Crippen MR) is 49.9 cm³/mol. The molecule has 3 nitrogen and oxygen atoms in total. The predicted octanol–water partition coefficient (Wildman–Crippen LogP) is 0.0999. The second-order valence-electron chi connectivity index (χ2n) is 3.31. The van der Waals surface area contributed by atoms with E-state index in [2.05, 4.69) is 9.37 Å². The van der Waals surface area contributed by atoms with Crippen LogP contribution in [0.1, 0.15) is 16.7 Å². The van der Waals surface area contributed by atoms with Crippen LogP contribution in [0.15, 0.2) is 18.2 Å². The van der Waals surface area contributed by atoms with Gasteiger partial charge < -0.3 is 5.26 Å². The van der Waals surface area contributed by atoms with Gasteiger partial charge in [0.15, 0.2) is 0 Å². The van der Waals surface area contributed by atoms with Crippen LogP contribution in [0.5, 0.6) is 0 Å². The molecule has 20 heavy (non-hydrogen) atoms. The Labute approximate surface area is 135 Å². The number of alkyl halides is 6. The van der Waals surface area contributed by atoms with Crippen LogP contribution in [-0.2, 0) is 27.5 Å². The van der Waals surface area contributed by atoms with E-state index < -0.39 is 29.2 Å². The fraction of sp³-hybridized carbons (Fsp3) is 0.333. The van der Waals surface area contributed by atoms with Crippen molar-refractivity contribution in [2.45, 2.75) is 18.1 Å². The molecule has 11 heteroatoms. The van der Waals surface area contributed by atoms with Crippen molar-refractivity contribution in [3.8, 4) is 0 Å². The summed E-state index contributed by atoms with van der Waals surface area (Å²) in [6.45, 7) is 0. The minimum Gasteiger partial charge on any atom is -0.691 e. The summed E-state index contributed by atoms with van der Waals surface area (Å²) in [6, 6.07) is 1.09. The quantitative estimate of drug-likeness (QED) is 0.196. The molecule has 0 N–H and O–H groups in total. The molecule has 0 spiro atoms. The Kier molecular flexibility index (Phi) is 7.89. The molecular weight excluding hydrogens is 325 g/mol. The molecule has 0 aromatic heterocycles. The van der Waals surface area contributed by atoms with Gasteiger partial charge in [-0.2, -0.15) is 30.7 Å². The maximum atomic E-state index is 12.4. The van der Waals surface area contributed by atoms with E-state index in [-0.39, 0.29) is 53.2 Å². The zero-order chi connectivity index (χ0) is 14.7. The van der Waals surface area contributed by atoms with Gasteiger partial charge in [0.05, 0.1) is 11.1 Å². The Bertz CT molecular complexity index is 404. The summed E-state index contributed by atoms with van der Waals surface area (Å²) in [7, 11) is 0. The average Bonchev–Trinajstić information content (AvgIpc) is 2.27. The maximum absolute atomic E-state index is 12.4. The standard InChI is InChI=1S/C9H6F6O3S.Na/c10-8(11,12)6-1-5(4-19-18-17-16)2-7(3-6)9(13,14)15;/h1-3,16H,4H2;/q;+1/p-1. The zero-order valence-electron chi connectivity index (χ0n) is 9.84. The molecule has 0 atom stereocenters. The Morgan fingerprint density at radius 3 is 1.75 bits per heavy atom. The molecule has 1 aromatic rings. The van der Waals surface area contributed by atoms with Gasteiger partial charge >= 0.3 is 41.9 Å². The molecule has 0 amide bonds. The third kappa shape index (κ3) is 6.20. The first kappa shape index (κ1) is 20.0. The largest absolute Gasteiger partial charge is 1.00 e. The van der Waals surface area contributed by atoms with Crippen molar-refractivity contribution < 1.29 is 70.5 Å². The molecule has 108 valence electrons. The molecule has 1 aromatic carbocycles. The molecule has 0 aliphatic heterocycles. The van der Waals surface area contributed by atoms with E-state index in [0.717, 1.165) is 0 Å². The minimum atomic E-state index is -4.91. The molecule has 0 heterocycles. The maximum Gasteiger partial charge on any atom is 1.00 e. The smallest absolute Gasteiger partial charge is 0.691 e. The van der Waals surface area contributed by atoms with Gasteiger partial charge in [-0.15, -0.1) is 0 Å². The van der Waals surface area contributed by atoms with Crippen LogP contribution in [0.2, 0.25) is 0 Å². The molecule has 0 saturated carbocycles. The molecule has 0 bridgehead atoms. The number of halogens is 6. The number of hydrogen-bond donors (Lipinski definition) is 0. The third-order valence-corrected chi connectivity index (χ3v) is 2.55. The van der Waals surface area contributed by atoms with Gasteiger partial charge in [-0.1, -0.05) is 0 Å². The van der Waals surface area contributed by atoms with Gasteiger partial charge in [0.2, 0.25) is 0 Å². The molecule has 0 unspecified atom stereocenters. The van der Waals surface area contributed by atoms with E-state index >= 15 is 0 Å². The normalized spacial score (nSPS) is 12.2. The van der Waals surface area contributed by atoms with Crippen molar-refractivity contribution in [3.63, 3.8) is 0 Å². The summed E-state index contributed by atoms with van der Waals surface area (Å²) in [5.41, 5.74) is -3.16. The van der Waals surface area contributed by atoms with E-state index in [1.54, 1.807) is 0 Å². The van der Waals surface area contributed by atoms with Crippen LogP contribution in [0, 0.1) is 0 Å². The summed E-state index contributed by atoms with van der Waals surface area (Å²) in [6.07, 6.45) is -9.81. The SMILES string of the molecule is [Na+].[O-]OOSCc1cc(C(F)(F)F)cc(C(F)(F)F)c1. The van der Waals surface area contributed by atoms with Crippen LogP contribution < -0.4 is 34.8 Å². The molecule has 0 fully saturated rings. The Hall–Kier alpha value is 0.0300. The molecule has 0 saturated heterocycles. The van der Waals surface area contributed by atoms with Gasteiger partial charge in [0, 0.05) is 17.8 Å². The monoisotopic (exact) mass is 330 g/mol. The first-order chi connectivity index (χ1) is 8.64.